The molecule has 0 aliphatic rings. The van der Waals surface area contributed by atoms with Crippen LogP contribution in [0.2, 0.25) is 3.43 Å². The number of aromatic nitrogens is 2. The van der Waals surface area contributed by atoms with Crippen LogP contribution < -0.4 is 3.71 Å². The first-order valence-electron chi connectivity index (χ1n) is 10.6. The summed E-state index contributed by atoms with van der Waals surface area (Å²) < 4.78 is 42.5. The van der Waals surface area contributed by atoms with Crippen molar-refractivity contribution in [1.29, 1.82) is 0 Å². The molecular formula is C22H33F3N2Sn. The number of halogens is 3. The van der Waals surface area contributed by atoms with Crippen LogP contribution in [0.5, 0.6) is 0 Å². The van der Waals surface area contributed by atoms with Crippen LogP contribution in [0, 0.1) is 0 Å². The fourth-order valence-corrected chi connectivity index (χ4v) is 9.46. The van der Waals surface area contributed by atoms with E-state index >= 15 is 0 Å². The van der Waals surface area contributed by atoms with E-state index in [0.717, 1.165) is 9.10 Å². The molecule has 0 atom stereocenters. The summed E-state index contributed by atoms with van der Waals surface area (Å²) in [7, 11) is 1.78. The van der Waals surface area contributed by atoms with E-state index in [4.69, 9.17) is 5.10 Å². The third-order valence-corrected chi connectivity index (χ3v) is 11.0. The third-order valence-electron chi connectivity index (χ3n) is 5.59. The zero-order valence-electron chi connectivity index (χ0n) is 17.6. The second-order valence-electron chi connectivity index (χ2n) is 7.92. The number of unbranched alkanes of at least 4 members (excludes halogenated alkanes) is 3. The number of aryl methyl sites for hydroxylation is 1. The molecule has 2 rings (SSSR count). The molecule has 28 heavy (non-hydrogen) atoms. The van der Waals surface area contributed by atoms with Crippen LogP contribution in [0.1, 0.15) is 84.1 Å². The third kappa shape index (κ3) is 5.89. The van der Waals surface area contributed by atoms with Crippen molar-refractivity contribution >= 4 is 35.8 Å². The molecule has 0 saturated carbocycles. The molecule has 0 fully saturated rings. The fourth-order valence-electron chi connectivity index (χ4n) is 3.89. The maximum atomic E-state index is 13.1. The van der Waals surface area contributed by atoms with E-state index in [9.17, 15) is 13.2 Å². The number of alkyl halides is 3. The molecule has 6 heteroatoms. The van der Waals surface area contributed by atoms with Crippen LogP contribution >= 0.6 is 0 Å². The molecule has 0 spiro atoms. The molecule has 1 heterocycles. The van der Waals surface area contributed by atoms with E-state index in [1.54, 1.807) is 17.8 Å². The van der Waals surface area contributed by atoms with Crippen molar-refractivity contribution in [3.05, 3.63) is 23.8 Å². The van der Waals surface area contributed by atoms with Gasteiger partial charge in [0.2, 0.25) is 0 Å². The van der Waals surface area contributed by atoms with Gasteiger partial charge in [-0.1, -0.05) is 0 Å². The summed E-state index contributed by atoms with van der Waals surface area (Å²) in [6.07, 6.45) is 6.70. The van der Waals surface area contributed by atoms with Crippen LogP contribution in [-0.2, 0) is 13.2 Å². The summed E-state index contributed by atoms with van der Waals surface area (Å²) in [5.74, 6) is 0. The Morgan fingerprint density at radius 2 is 1.46 bits per heavy atom. The monoisotopic (exact) mass is 502 g/mol. The Hall–Kier alpha value is -0.721. The van der Waals surface area contributed by atoms with E-state index in [0.29, 0.717) is 8.95 Å². The van der Waals surface area contributed by atoms with Gasteiger partial charge in [-0.15, -0.1) is 0 Å². The molecule has 0 saturated heterocycles. The van der Waals surface area contributed by atoms with E-state index in [1.807, 2.05) is 0 Å². The van der Waals surface area contributed by atoms with Crippen molar-refractivity contribution in [3.8, 4) is 0 Å². The van der Waals surface area contributed by atoms with Gasteiger partial charge in [0.05, 0.1) is 0 Å². The number of rotatable bonds is 11. The van der Waals surface area contributed by atoms with Crippen molar-refractivity contribution in [2.24, 2.45) is 7.05 Å². The molecule has 2 aromatic rings. The van der Waals surface area contributed by atoms with Crippen molar-refractivity contribution < 1.29 is 13.2 Å². The van der Waals surface area contributed by atoms with Crippen LogP contribution in [0.4, 0.5) is 13.2 Å². The standard InChI is InChI=1S/C13H27.C9H6F3N2.Sn/c1-4-7-10-13(11-8-5-2)12-9-6-3;1-14-8-4-7(9(10,11)12)3-2-6(8)5-13-14;/h4-12H2,1-3H3;2-4H,1H3;. The molecule has 2 nitrogen and oxygen atoms in total. The van der Waals surface area contributed by atoms with Gasteiger partial charge in [0.1, 0.15) is 0 Å². The second kappa shape index (κ2) is 10.4. The fraction of sp³-hybridized carbons (Fsp3) is 0.682. The van der Waals surface area contributed by atoms with Crippen LogP contribution in [0.15, 0.2) is 18.2 Å². The quantitative estimate of drug-likeness (QED) is 0.316. The SMILES string of the molecule is CCCC[C](CCCC)(CCCC)[Sn][c]1nn(C)c2cc(C(F)(F)F)ccc12. The Labute approximate surface area is 177 Å². The molecule has 0 aliphatic carbocycles. The van der Waals surface area contributed by atoms with Crippen LogP contribution in [-0.4, -0.2) is 30.9 Å². The average molecular weight is 501 g/mol. The van der Waals surface area contributed by atoms with E-state index in [-0.39, 0.29) is 0 Å². The maximum absolute atomic E-state index is 13.1. The average Bonchev–Trinajstić information content (AvgIpc) is 2.97. The molecule has 0 N–H and O–H groups in total. The van der Waals surface area contributed by atoms with E-state index < -0.39 is 32.9 Å². The number of nitrogens with zero attached hydrogens (tertiary/aromatic N) is 2. The molecule has 1 aromatic heterocycles. The molecule has 2 radical (unpaired) electrons. The first-order chi connectivity index (χ1) is 13.3. The Bertz CT molecular complexity index is 730. The zero-order valence-corrected chi connectivity index (χ0v) is 20.5. The summed E-state index contributed by atoms with van der Waals surface area (Å²) in [6, 6.07) is 4.14. The first-order valence-corrected chi connectivity index (χ1v) is 13.4. The number of hydrogen-bond acceptors (Lipinski definition) is 1. The summed E-state index contributed by atoms with van der Waals surface area (Å²) in [5.41, 5.74) is 0.0234. The van der Waals surface area contributed by atoms with Crippen LogP contribution in [0.3, 0.4) is 0 Å². The number of fused-ring (bicyclic) bond motifs is 1. The Kier molecular flexibility index (Phi) is 8.71. The Morgan fingerprint density at radius 3 is 1.93 bits per heavy atom. The molecule has 156 valence electrons. The molecule has 0 aliphatic heterocycles. The van der Waals surface area contributed by atoms with Gasteiger partial charge in [-0.25, -0.2) is 0 Å². The number of hydrogen-bond donors (Lipinski definition) is 0. The summed E-state index contributed by atoms with van der Waals surface area (Å²) in [6.45, 7) is 6.72. The normalized spacial score (nSPS) is 12.8. The summed E-state index contributed by atoms with van der Waals surface area (Å²) in [4.78, 5) is 0. The van der Waals surface area contributed by atoms with Gasteiger partial charge >= 0.3 is 178 Å². The zero-order chi connectivity index (χ0) is 20.8. The predicted molar refractivity (Wildman–Crippen MR) is 112 cm³/mol. The molecule has 0 unspecified atom stereocenters. The van der Waals surface area contributed by atoms with Gasteiger partial charge in [-0.2, -0.15) is 0 Å². The number of benzene rings is 1. The Morgan fingerprint density at radius 1 is 0.929 bits per heavy atom. The Balaban J connectivity index is 2.42. The van der Waals surface area contributed by atoms with Crippen molar-refractivity contribution in [1.82, 2.24) is 9.78 Å². The van der Waals surface area contributed by atoms with Gasteiger partial charge in [0.15, 0.2) is 0 Å². The van der Waals surface area contributed by atoms with Gasteiger partial charge in [-0.05, 0) is 0 Å². The minimum absolute atomic E-state index is 0.370. The molecule has 0 amide bonds. The van der Waals surface area contributed by atoms with E-state index in [1.165, 1.54) is 69.9 Å². The van der Waals surface area contributed by atoms with Gasteiger partial charge < -0.3 is 0 Å². The van der Waals surface area contributed by atoms with E-state index in [2.05, 4.69) is 20.8 Å². The predicted octanol–water partition coefficient (Wildman–Crippen LogP) is 6.65. The van der Waals surface area contributed by atoms with Gasteiger partial charge in [0, 0.05) is 0 Å². The minimum atomic E-state index is -4.31. The first kappa shape index (κ1) is 23.6. The second-order valence-corrected chi connectivity index (χ2v) is 13.0. The topological polar surface area (TPSA) is 17.8 Å². The van der Waals surface area contributed by atoms with Gasteiger partial charge in [0.25, 0.3) is 0 Å². The summed E-state index contributed by atoms with van der Waals surface area (Å²) in [5, 5.41) is 5.69. The van der Waals surface area contributed by atoms with Crippen molar-refractivity contribution in [2.45, 2.75) is 88.2 Å². The molecule has 0 bridgehead atoms. The van der Waals surface area contributed by atoms with Crippen molar-refractivity contribution in [2.75, 3.05) is 0 Å². The van der Waals surface area contributed by atoms with Crippen LogP contribution in [0.25, 0.3) is 10.9 Å². The molecule has 1 aromatic carbocycles. The summed E-state index contributed by atoms with van der Waals surface area (Å²) >= 11 is -1.08. The van der Waals surface area contributed by atoms with Crippen molar-refractivity contribution in [3.63, 3.8) is 0 Å². The van der Waals surface area contributed by atoms with Gasteiger partial charge in [-0.3, -0.25) is 0 Å². The molecular weight excluding hydrogens is 468 g/mol.